The standard InChI is InChI=1S/C15H21N3/c1-16-14-8-13(10-4-5-10)17-15(18-14)12-7-9-2-3-11(12)6-9/h8-12H,2-7H2,1H3,(H,16,17,18). The first-order chi connectivity index (χ1) is 8.83. The molecule has 1 N–H and O–H groups in total. The smallest absolute Gasteiger partial charge is 0.134 e. The van der Waals surface area contributed by atoms with Crippen LogP contribution in [0.4, 0.5) is 5.82 Å². The minimum absolute atomic E-state index is 0.648. The van der Waals surface area contributed by atoms with E-state index in [0.717, 1.165) is 29.4 Å². The summed E-state index contributed by atoms with van der Waals surface area (Å²) in [6.45, 7) is 0. The minimum atomic E-state index is 0.648. The van der Waals surface area contributed by atoms with Crippen LogP contribution in [-0.2, 0) is 0 Å². The van der Waals surface area contributed by atoms with Crippen molar-refractivity contribution in [1.29, 1.82) is 0 Å². The third-order valence-electron chi connectivity index (χ3n) is 5.08. The molecule has 3 atom stereocenters. The van der Waals surface area contributed by atoms with Gasteiger partial charge in [0, 0.05) is 30.6 Å². The van der Waals surface area contributed by atoms with Crippen molar-refractivity contribution < 1.29 is 0 Å². The summed E-state index contributed by atoms with van der Waals surface area (Å²) in [7, 11) is 1.96. The third kappa shape index (κ3) is 1.72. The lowest BCUT2D eigenvalue weighted by molar-refractivity contribution is 0.405. The van der Waals surface area contributed by atoms with Gasteiger partial charge < -0.3 is 5.32 Å². The van der Waals surface area contributed by atoms with Crippen LogP contribution in [0.1, 0.15) is 61.9 Å². The van der Waals surface area contributed by atoms with Crippen LogP contribution >= 0.6 is 0 Å². The maximum atomic E-state index is 4.89. The van der Waals surface area contributed by atoms with Gasteiger partial charge in [-0.3, -0.25) is 0 Å². The molecule has 3 unspecified atom stereocenters. The first kappa shape index (κ1) is 10.8. The van der Waals surface area contributed by atoms with E-state index in [4.69, 9.17) is 9.97 Å². The van der Waals surface area contributed by atoms with Crippen LogP contribution < -0.4 is 5.32 Å². The molecule has 4 rings (SSSR count). The van der Waals surface area contributed by atoms with E-state index in [1.807, 2.05) is 7.05 Å². The van der Waals surface area contributed by atoms with Crippen molar-refractivity contribution in [2.24, 2.45) is 11.8 Å². The maximum absolute atomic E-state index is 4.89. The van der Waals surface area contributed by atoms with Crippen molar-refractivity contribution in [2.45, 2.75) is 50.4 Å². The summed E-state index contributed by atoms with van der Waals surface area (Å²) in [5.74, 6) is 5.35. The van der Waals surface area contributed by atoms with E-state index in [0.29, 0.717) is 5.92 Å². The van der Waals surface area contributed by atoms with E-state index < -0.39 is 0 Å². The molecule has 0 spiro atoms. The van der Waals surface area contributed by atoms with Crippen LogP contribution in [0.2, 0.25) is 0 Å². The molecule has 1 aromatic heterocycles. The van der Waals surface area contributed by atoms with Crippen molar-refractivity contribution in [3.05, 3.63) is 17.6 Å². The Morgan fingerprint density at radius 2 is 2.00 bits per heavy atom. The zero-order valence-corrected chi connectivity index (χ0v) is 11.0. The van der Waals surface area contributed by atoms with Crippen molar-refractivity contribution in [3.8, 4) is 0 Å². The lowest BCUT2D eigenvalue weighted by Gasteiger charge is -2.21. The Morgan fingerprint density at radius 1 is 1.11 bits per heavy atom. The number of fused-ring (bicyclic) bond motifs is 2. The van der Waals surface area contributed by atoms with Gasteiger partial charge in [-0.05, 0) is 43.9 Å². The van der Waals surface area contributed by atoms with Gasteiger partial charge in [-0.15, -0.1) is 0 Å². The first-order valence-electron chi connectivity index (χ1n) is 7.40. The first-order valence-corrected chi connectivity index (χ1v) is 7.40. The summed E-state index contributed by atoms with van der Waals surface area (Å²) in [4.78, 5) is 9.63. The summed E-state index contributed by atoms with van der Waals surface area (Å²) >= 11 is 0. The highest BCUT2D eigenvalue weighted by Crippen LogP contribution is 2.52. The summed E-state index contributed by atoms with van der Waals surface area (Å²) in [6, 6.07) is 2.15. The highest BCUT2D eigenvalue weighted by molar-refractivity contribution is 5.38. The van der Waals surface area contributed by atoms with Gasteiger partial charge in [0.05, 0.1) is 0 Å². The van der Waals surface area contributed by atoms with E-state index in [9.17, 15) is 0 Å². The Kier molecular flexibility index (Phi) is 2.36. The molecule has 0 aliphatic heterocycles. The van der Waals surface area contributed by atoms with Crippen molar-refractivity contribution in [2.75, 3.05) is 12.4 Å². The van der Waals surface area contributed by atoms with Crippen molar-refractivity contribution in [1.82, 2.24) is 9.97 Å². The number of hydrogen-bond acceptors (Lipinski definition) is 3. The van der Waals surface area contributed by atoms with Crippen molar-refractivity contribution >= 4 is 5.82 Å². The molecule has 0 saturated heterocycles. The monoisotopic (exact) mass is 243 g/mol. The molecule has 3 nitrogen and oxygen atoms in total. The summed E-state index contributed by atoms with van der Waals surface area (Å²) in [5, 5.41) is 3.21. The molecule has 3 aliphatic carbocycles. The average Bonchev–Trinajstić information content (AvgIpc) is 3.06. The Hall–Kier alpha value is -1.12. The second kappa shape index (κ2) is 3.94. The zero-order chi connectivity index (χ0) is 12.1. The molecule has 3 fully saturated rings. The fourth-order valence-corrected chi connectivity index (χ4v) is 3.93. The van der Waals surface area contributed by atoms with Crippen LogP contribution in [0.3, 0.4) is 0 Å². The second-order valence-electron chi connectivity index (χ2n) is 6.34. The van der Waals surface area contributed by atoms with Crippen LogP contribution in [0.25, 0.3) is 0 Å². The quantitative estimate of drug-likeness (QED) is 0.885. The topological polar surface area (TPSA) is 37.8 Å². The number of aromatic nitrogens is 2. The molecule has 0 amide bonds. The molecule has 1 heterocycles. The number of nitrogens with one attached hydrogen (secondary N) is 1. The number of rotatable bonds is 3. The molecule has 3 aliphatic rings. The van der Waals surface area contributed by atoms with Crippen LogP contribution in [0, 0.1) is 11.8 Å². The fourth-order valence-electron chi connectivity index (χ4n) is 3.93. The van der Waals surface area contributed by atoms with Gasteiger partial charge in [0.15, 0.2) is 0 Å². The van der Waals surface area contributed by atoms with Gasteiger partial charge in [-0.1, -0.05) is 6.42 Å². The van der Waals surface area contributed by atoms with E-state index in [-0.39, 0.29) is 0 Å². The largest absolute Gasteiger partial charge is 0.373 e. The molecule has 18 heavy (non-hydrogen) atoms. The average molecular weight is 243 g/mol. The lowest BCUT2D eigenvalue weighted by Crippen LogP contribution is -2.14. The van der Waals surface area contributed by atoms with Crippen molar-refractivity contribution in [3.63, 3.8) is 0 Å². The molecule has 1 aromatic rings. The molecule has 96 valence electrons. The summed E-state index contributed by atoms with van der Waals surface area (Å²) in [5.41, 5.74) is 1.28. The Bertz CT molecular complexity index is 467. The van der Waals surface area contributed by atoms with Gasteiger partial charge in [0.1, 0.15) is 11.6 Å². The molecular weight excluding hydrogens is 222 g/mol. The van der Waals surface area contributed by atoms with E-state index in [2.05, 4.69) is 11.4 Å². The Morgan fingerprint density at radius 3 is 2.61 bits per heavy atom. The summed E-state index contributed by atoms with van der Waals surface area (Å²) in [6.07, 6.45) is 8.24. The Labute approximate surface area is 108 Å². The van der Waals surface area contributed by atoms with E-state index in [1.54, 1.807) is 0 Å². The van der Waals surface area contributed by atoms with Crippen LogP contribution in [0.5, 0.6) is 0 Å². The lowest BCUT2D eigenvalue weighted by atomic mass is 9.88. The van der Waals surface area contributed by atoms with Crippen LogP contribution in [0.15, 0.2) is 6.07 Å². The maximum Gasteiger partial charge on any atom is 0.134 e. The highest BCUT2D eigenvalue weighted by atomic mass is 15.0. The fraction of sp³-hybridized carbons (Fsp3) is 0.733. The minimum Gasteiger partial charge on any atom is -0.373 e. The number of hydrogen-bond donors (Lipinski definition) is 1. The van der Waals surface area contributed by atoms with Gasteiger partial charge in [0.2, 0.25) is 0 Å². The number of nitrogens with zero attached hydrogens (tertiary/aromatic N) is 2. The molecule has 3 heteroatoms. The van der Waals surface area contributed by atoms with E-state index in [1.165, 1.54) is 44.2 Å². The molecule has 3 saturated carbocycles. The molecule has 2 bridgehead atoms. The molecule has 0 aromatic carbocycles. The SMILES string of the molecule is CNc1cc(C2CC2)nc(C2CC3CCC2C3)n1. The molecule has 0 radical (unpaired) electrons. The predicted octanol–water partition coefficient (Wildman–Crippen LogP) is 3.30. The predicted molar refractivity (Wildman–Crippen MR) is 71.7 cm³/mol. The second-order valence-corrected chi connectivity index (χ2v) is 6.34. The van der Waals surface area contributed by atoms with Gasteiger partial charge >= 0.3 is 0 Å². The van der Waals surface area contributed by atoms with Gasteiger partial charge in [0.25, 0.3) is 0 Å². The van der Waals surface area contributed by atoms with Crippen LogP contribution in [-0.4, -0.2) is 17.0 Å². The van der Waals surface area contributed by atoms with E-state index >= 15 is 0 Å². The third-order valence-corrected chi connectivity index (χ3v) is 5.08. The Balaban J connectivity index is 1.68. The normalized spacial score (nSPS) is 33.9. The summed E-state index contributed by atoms with van der Waals surface area (Å²) < 4.78 is 0. The number of anilines is 1. The van der Waals surface area contributed by atoms with Gasteiger partial charge in [-0.2, -0.15) is 0 Å². The molecular formula is C15H21N3. The highest BCUT2D eigenvalue weighted by Gasteiger charge is 2.42. The van der Waals surface area contributed by atoms with Gasteiger partial charge in [-0.25, -0.2) is 9.97 Å². The zero-order valence-electron chi connectivity index (χ0n) is 11.0.